The summed E-state index contributed by atoms with van der Waals surface area (Å²) in [6, 6.07) is 23.0. The van der Waals surface area contributed by atoms with Crippen molar-refractivity contribution in [2.75, 3.05) is 6.61 Å². The summed E-state index contributed by atoms with van der Waals surface area (Å²) in [4.78, 5) is 83.3. The van der Waals surface area contributed by atoms with Crippen LogP contribution in [0.1, 0.15) is 86.7 Å². The Morgan fingerprint density at radius 3 is 1.95 bits per heavy atom. The summed E-state index contributed by atoms with van der Waals surface area (Å²) in [6.45, 7) is 7.94. The van der Waals surface area contributed by atoms with Gasteiger partial charge in [-0.1, -0.05) is 80.6 Å². The molecule has 3 aromatic carbocycles. The molecule has 1 unspecified atom stereocenters. The van der Waals surface area contributed by atoms with Crippen LogP contribution in [0.25, 0.3) is 0 Å². The Morgan fingerprint density at radius 1 is 0.823 bits per heavy atom. The lowest BCUT2D eigenvalue weighted by Gasteiger charge is -2.67. The van der Waals surface area contributed by atoms with E-state index in [2.05, 4.69) is 5.32 Å². The van der Waals surface area contributed by atoms with Crippen molar-refractivity contribution in [3.8, 4) is 0 Å². The van der Waals surface area contributed by atoms with Crippen LogP contribution in [0.3, 0.4) is 0 Å². The molecule has 4 aliphatic rings. The number of ketones is 1. The third-order valence-electron chi connectivity index (χ3n) is 13.5. The van der Waals surface area contributed by atoms with Gasteiger partial charge in [0.25, 0.3) is 5.91 Å². The highest BCUT2D eigenvalue weighted by Gasteiger charge is 2.77. The Kier molecular flexibility index (Phi) is 11.8. The van der Waals surface area contributed by atoms with Crippen molar-refractivity contribution in [1.82, 2.24) is 5.32 Å². The molecule has 0 radical (unpaired) electrons. The van der Waals surface area contributed by atoms with E-state index < -0.39 is 113 Å². The molecule has 7 rings (SSSR count). The van der Waals surface area contributed by atoms with E-state index in [4.69, 9.17) is 23.7 Å². The van der Waals surface area contributed by atoms with Crippen molar-refractivity contribution < 1.29 is 67.8 Å². The van der Waals surface area contributed by atoms with Gasteiger partial charge in [0, 0.05) is 43.6 Å². The topological polar surface area (TPSA) is 221 Å². The molecule has 1 amide bonds. The van der Waals surface area contributed by atoms with E-state index in [0.29, 0.717) is 5.56 Å². The highest BCUT2D eigenvalue weighted by molar-refractivity contribution is 5.96. The summed E-state index contributed by atoms with van der Waals surface area (Å²) in [5, 5.41) is 40.6. The molecule has 1 saturated heterocycles. The zero-order valence-electron chi connectivity index (χ0n) is 35.2. The van der Waals surface area contributed by atoms with Gasteiger partial charge in [0.1, 0.15) is 23.9 Å². The van der Waals surface area contributed by atoms with Crippen molar-refractivity contribution in [3.05, 3.63) is 119 Å². The molecule has 2 bridgehead atoms. The fourth-order valence-electron chi connectivity index (χ4n) is 10.2. The van der Waals surface area contributed by atoms with Gasteiger partial charge in [-0.3, -0.25) is 19.2 Å². The standard InChI is InChI=1S/C47H51NO14/c1-25-31(60-43(56)37(61-42(55)30-20-14-9-15-21-30)35(28-16-10-7-11-17-28)48-41(54)29-18-12-8-13-19-29)23-47(57)40(53)38-45(6,32(51)22-33-46(38,24-58-33)62-27(3)50)39(52)36(59-26(2)49)34(25)44(47,4)5/h7-21,31-33,35-38,40,51,53,57H,22-24H2,1-6H3,(H,48,54)/t31-,32-,33+,35-,36+,37+,38?,40-,45+,46-,47+/m0/s1. The Bertz CT molecular complexity index is 2280. The lowest BCUT2D eigenvalue weighted by atomic mass is 9.44. The maximum atomic E-state index is 15.2. The minimum absolute atomic E-state index is 0.00138. The molecule has 15 heteroatoms. The van der Waals surface area contributed by atoms with Gasteiger partial charge >= 0.3 is 23.9 Å². The summed E-state index contributed by atoms with van der Waals surface area (Å²) in [5.74, 6) is -6.75. The van der Waals surface area contributed by atoms with Crippen LogP contribution in [0.15, 0.2) is 102 Å². The smallest absolute Gasteiger partial charge is 0.350 e. The zero-order valence-corrected chi connectivity index (χ0v) is 35.2. The van der Waals surface area contributed by atoms with Crippen LogP contribution >= 0.6 is 0 Å². The van der Waals surface area contributed by atoms with Gasteiger partial charge in [0.05, 0.1) is 29.8 Å². The highest BCUT2D eigenvalue weighted by Crippen LogP contribution is 2.63. The first kappa shape index (κ1) is 44.3. The summed E-state index contributed by atoms with van der Waals surface area (Å²) in [6.07, 6.45) is -10.4. The van der Waals surface area contributed by atoms with Crippen molar-refractivity contribution in [2.24, 2.45) is 16.7 Å². The number of aliphatic hydroxyl groups is 3. The third-order valence-corrected chi connectivity index (χ3v) is 13.5. The number of esters is 4. The lowest BCUT2D eigenvalue weighted by molar-refractivity contribution is -0.346. The number of Topliss-reactive ketones (excluding diaryl/α,β-unsaturated/α-hetero) is 1. The van der Waals surface area contributed by atoms with Crippen LogP contribution in [0.4, 0.5) is 0 Å². The third kappa shape index (κ3) is 7.29. The minimum Gasteiger partial charge on any atom is -0.455 e. The van der Waals surface area contributed by atoms with Crippen LogP contribution in [0.5, 0.6) is 0 Å². The first-order chi connectivity index (χ1) is 29.3. The minimum atomic E-state index is -2.38. The van der Waals surface area contributed by atoms with Crippen molar-refractivity contribution in [2.45, 2.75) is 108 Å². The van der Waals surface area contributed by atoms with E-state index in [1.165, 1.54) is 26.0 Å². The van der Waals surface area contributed by atoms with E-state index >= 15 is 4.79 Å². The van der Waals surface area contributed by atoms with Gasteiger partial charge < -0.3 is 44.3 Å². The van der Waals surface area contributed by atoms with Crippen LogP contribution in [-0.2, 0) is 42.9 Å². The second-order valence-corrected chi connectivity index (χ2v) is 17.4. The quantitative estimate of drug-likeness (QED) is 0.130. The lowest BCUT2D eigenvalue weighted by Crippen LogP contribution is -2.81. The molecule has 1 heterocycles. The van der Waals surface area contributed by atoms with E-state index in [9.17, 15) is 39.3 Å². The molecule has 11 atom stereocenters. The molecule has 2 saturated carbocycles. The van der Waals surface area contributed by atoms with Crippen LogP contribution in [0.2, 0.25) is 0 Å². The first-order valence-electron chi connectivity index (χ1n) is 20.5. The molecule has 3 aliphatic carbocycles. The first-order valence-corrected chi connectivity index (χ1v) is 20.5. The molecule has 328 valence electrons. The average Bonchev–Trinajstić information content (AvgIpc) is 3.24. The van der Waals surface area contributed by atoms with Crippen LogP contribution in [0, 0.1) is 16.7 Å². The monoisotopic (exact) mass is 853 g/mol. The number of ether oxygens (including phenoxy) is 5. The van der Waals surface area contributed by atoms with Crippen molar-refractivity contribution in [3.63, 3.8) is 0 Å². The number of rotatable bonds is 10. The van der Waals surface area contributed by atoms with Gasteiger partial charge in [-0.25, -0.2) is 9.59 Å². The van der Waals surface area contributed by atoms with Crippen molar-refractivity contribution >= 4 is 35.6 Å². The van der Waals surface area contributed by atoms with Crippen LogP contribution in [-0.4, -0.2) is 105 Å². The molecule has 1 aliphatic heterocycles. The predicted molar refractivity (Wildman–Crippen MR) is 218 cm³/mol. The number of fused-ring (bicyclic) bond motifs is 5. The van der Waals surface area contributed by atoms with Gasteiger partial charge in [-0.15, -0.1) is 0 Å². The molecule has 0 aromatic heterocycles. The Balaban J connectivity index is 1.36. The zero-order chi connectivity index (χ0) is 44.9. The Morgan fingerprint density at radius 2 is 1.40 bits per heavy atom. The SMILES string of the molecule is CC(=O)O[C@H]1C(=O)[C@@]2(C)C([C@H](O)[C@]3(O)C[C@H](OC(=O)[C@H](OC(=O)c4ccccc4)[C@@H](NC(=O)c4ccccc4)c4ccccc4)C(C)=C1C3(C)C)[C@]1(OC(C)=O)CO[C@@H]1C[C@@H]2O. The fraction of sp³-hybridized carbons (Fsp3) is 0.447. The molecule has 15 nitrogen and oxygen atoms in total. The number of hydrogen-bond acceptors (Lipinski definition) is 14. The molecule has 3 aromatic rings. The van der Waals surface area contributed by atoms with Crippen LogP contribution < -0.4 is 5.32 Å². The van der Waals surface area contributed by atoms with Gasteiger partial charge in [0.2, 0.25) is 6.10 Å². The summed E-state index contributed by atoms with van der Waals surface area (Å²) in [7, 11) is 0. The van der Waals surface area contributed by atoms with Crippen molar-refractivity contribution in [1.29, 1.82) is 0 Å². The maximum absolute atomic E-state index is 15.2. The summed E-state index contributed by atoms with van der Waals surface area (Å²) >= 11 is 0. The maximum Gasteiger partial charge on any atom is 0.350 e. The second-order valence-electron chi connectivity index (χ2n) is 17.4. The van der Waals surface area contributed by atoms with E-state index in [0.717, 1.165) is 13.8 Å². The van der Waals surface area contributed by atoms with E-state index in [-0.39, 0.29) is 35.3 Å². The largest absolute Gasteiger partial charge is 0.455 e. The predicted octanol–water partition coefficient (Wildman–Crippen LogP) is 3.74. The molecular weight excluding hydrogens is 803 g/mol. The van der Waals surface area contributed by atoms with E-state index in [1.54, 1.807) is 92.7 Å². The number of carbonyl (C=O) groups excluding carboxylic acids is 6. The molecule has 0 spiro atoms. The number of hydrogen-bond donors (Lipinski definition) is 4. The molecule has 3 fully saturated rings. The van der Waals surface area contributed by atoms with E-state index in [1.807, 2.05) is 0 Å². The number of amides is 1. The summed E-state index contributed by atoms with van der Waals surface area (Å²) < 4.78 is 29.7. The average molecular weight is 854 g/mol. The normalized spacial score (nSPS) is 31.9. The molecule has 62 heavy (non-hydrogen) atoms. The van der Waals surface area contributed by atoms with Gasteiger partial charge in [-0.05, 0) is 54.8 Å². The van der Waals surface area contributed by atoms with Gasteiger partial charge in [-0.2, -0.15) is 0 Å². The molecular formula is C47H51NO14. The molecule has 4 N–H and O–H groups in total. The number of carbonyl (C=O) groups is 6. The number of benzene rings is 3. The Hall–Kier alpha value is -5.74. The fourth-order valence-corrected chi connectivity index (χ4v) is 10.2. The highest BCUT2D eigenvalue weighted by atomic mass is 16.6. The number of nitrogens with one attached hydrogen (secondary N) is 1. The Labute approximate surface area is 358 Å². The summed E-state index contributed by atoms with van der Waals surface area (Å²) in [5.41, 5.74) is -6.85. The number of aliphatic hydroxyl groups excluding tert-OH is 2. The van der Waals surface area contributed by atoms with Gasteiger partial charge in [0.15, 0.2) is 17.5 Å². The second kappa shape index (κ2) is 16.5.